The Morgan fingerprint density at radius 1 is 0.929 bits per heavy atom. The largest absolute Gasteiger partial charge is 0.471 e. The van der Waals surface area contributed by atoms with Crippen LogP contribution in [0.3, 0.4) is 0 Å². The molecule has 4 aromatic rings. The van der Waals surface area contributed by atoms with Gasteiger partial charge >= 0.3 is 0 Å². The van der Waals surface area contributed by atoms with E-state index in [-0.39, 0.29) is 6.73 Å². The van der Waals surface area contributed by atoms with Crippen molar-refractivity contribution < 1.29 is 9.15 Å². The van der Waals surface area contributed by atoms with Gasteiger partial charge in [0.15, 0.2) is 6.73 Å². The molecule has 1 aliphatic rings. The molecule has 0 N–H and O–H groups in total. The van der Waals surface area contributed by atoms with Crippen molar-refractivity contribution in [3.05, 3.63) is 90.0 Å². The van der Waals surface area contributed by atoms with Crippen molar-refractivity contribution >= 4 is 39.3 Å². The van der Waals surface area contributed by atoms with Crippen molar-refractivity contribution in [1.82, 2.24) is 0 Å². The average molecular weight is 365 g/mol. The Hall–Kier alpha value is -3.59. The van der Waals surface area contributed by atoms with Crippen molar-refractivity contribution in [3.8, 4) is 5.75 Å². The lowest BCUT2D eigenvalue weighted by molar-refractivity contribution is 0.331. The van der Waals surface area contributed by atoms with Gasteiger partial charge in [0.25, 0.3) is 0 Å². The summed E-state index contributed by atoms with van der Waals surface area (Å²) in [4.78, 5) is 4.45. The molecule has 5 rings (SSSR count). The lowest BCUT2D eigenvalue weighted by atomic mass is 9.97. The first-order chi connectivity index (χ1) is 13.7. The van der Waals surface area contributed by atoms with Crippen molar-refractivity contribution in [2.75, 3.05) is 6.73 Å². The first kappa shape index (κ1) is 16.6. The predicted molar refractivity (Wildman–Crippen MR) is 116 cm³/mol. The van der Waals surface area contributed by atoms with Crippen LogP contribution in [0.25, 0.3) is 33.1 Å². The number of rotatable bonds is 1. The van der Waals surface area contributed by atoms with E-state index in [1.807, 2.05) is 42.6 Å². The van der Waals surface area contributed by atoms with E-state index in [0.717, 1.165) is 50.0 Å². The van der Waals surface area contributed by atoms with Gasteiger partial charge in [-0.25, -0.2) is 0 Å². The van der Waals surface area contributed by atoms with Crippen molar-refractivity contribution in [2.24, 2.45) is 4.99 Å². The summed E-state index contributed by atoms with van der Waals surface area (Å²) in [5.74, 6) is 0.807. The van der Waals surface area contributed by atoms with Crippen molar-refractivity contribution in [1.29, 1.82) is 0 Å². The van der Waals surface area contributed by atoms with Crippen LogP contribution in [0.2, 0.25) is 0 Å². The molecule has 28 heavy (non-hydrogen) atoms. The highest BCUT2D eigenvalue weighted by Crippen LogP contribution is 2.33. The molecule has 0 saturated carbocycles. The van der Waals surface area contributed by atoms with Gasteiger partial charge in [-0.3, -0.25) is 4.99 Å². The normalized spacial score (nSPS) is 17.2. The topological polar surface area (TPSA) is 34.7 Å². The number of benzene rings is 3. The number of allylic oxidation sites excluding steroid dienone is 3. The first-order valence-electron chi connectivity index (χ1n) is 9.25. The van der Waals surface area contributed by atoms with Gasteiger partial charge in [-0.1, -0.05) is 42.5 Å². The Kier molecular flexibility index (Phi) is 3.87. The third-order valence-corrected chi connectivity index (χ3v) is 5.05. The van der Waals surface area contributed by atoms with E-state index in [0.29, 0.717) is 0 Å². The van der Waals surface area contributed by atoms with Crippen LogP contribution in [0.15, 0.2) is 82.7 Å². The maximum absolute atomic E-state index is 5.95. The molecule has 2 heterocycles. The van der Waals surface area contributed by atoms with Crippen molar-refractivity contribution in [3.63, 3.8) is 0 Å². The van der Waals surface area contributed by atoms with Crippen LogP contribution in [-0.4, -0.2) is 12.9 Å². The molecule has 0 spiro atoms. The van der Waals surface area contributed by atoms with Crippen LogP contribution in [-0.2, 0) is 0 Å². The maximum atomic E-state index is 5.95. The highest BCUT2D eigenvalue weighted by molar-refractivity contribution is 6.15. The number of para-hydroxylation sites is 1. The Morgan fingerprint density at radius 3 is 2.71 bits per heavy atom. The predicted octanol–water partition coefficient (Wildman–Crippen LogP) is 6.41. The highest BCUT2D eigenvalue weighted by atomic mass is 16.5. The Labute approximate surface area is 163 Å². The van der Waals surface area contributed by atoms with Gasteiger partial charge in [0.05, 0.1) is 0 Å². The molecule has 0 unspecified atom stereocenters. The molecule has 3 heteroatoms. The smallest absolute Gasteiger partial charge is 0.179 e. The van der Waals surface area contributed by atoms with E-state index in [4.69, 9.17) is 9.15 Å². The zero-order valence-corrected chi connectivity index (χ0v) is 15.6. The van der Waals surface area contributed by atoms with Crippen LogP contribution in [0.1, 0.15) is 16.7 Å². The molecule has 0 saturated heterocycles. The Morgan fingerprint density at radius 2 is 1.79 bits per heavy atom. The zero-order chi connectivity index (χ0) is 19.1. The number of hydrogen-bond acceptors (Lipinski definition) is 3. The van der Waals surface area contributed by atoms with Crippen LogP contribution >= 0.6 is 0 Å². The number of furan rings is 1. The molecule has 3 nitrogen and oxygen atoms in total. The third-order valence-electron chi connectivity index (χ3n) is 5.05. The van der Waals surface area contributed by atoms with Crippen LogP contribution in [0.4, 0.5) is 0 Å². The molecular formula is C25H19NO2. The molecule has 0 aliphatic carbocycles. The fourth-order valence-electron chi connectivity index (χ4n) is 3.63. The maximum Gasteiger partial charge on any atom is 0.179 e. The number of ether oxygens (including phenoxy) is 1. The second-order valence-corrected chi connectivity index (χ2v) is 7.02. The molecule has 0 amide bonds. The fourth-order valence-corrected chi connectivity index (χ4v) is 3.63. The molecule has 0 bridgehead atoms. The Bertz CT molecular complexity index is 1290. The summed E-state index contributed by atoms with van der Waals surface area (Å²) in [6, 6.07) is 20.5. The fraction of sp³-hybridized carbons (Fsp3) is 0.0800. The van der Waals surface area contributed by atoms with Gasteiger partial charge in [0.1, 0.15) is 16.9 Å². The van der Waals surface area contributed by atoms with Crippen molar-refractivity contribution in [2.45, 2.75) is 6.92 Å². The van der Waals surface area contributed by atoms with E-state index < -0.39 is 0 Å². The van der Waals surface area contributed by atoms with E-state index in [9.17, 15) is 0 Å². The molecule has 0 atom stereocenters. The second kappa shape index (κ2) is 6.54. The summed E-state index contributed by atoms with van der Waals surface area (Å²) < 4.78 is 11.8. The molecule has 0 fully saturated rings. The van der Waals surface area contributed by atoms with E-state index in [2.05, 4.69) is 48.8 Å². The lowest BCUT2D eigenvalue weighted by Crippen LogP contribution is -1.96. The van der Waals surface area contributed by atoms with Gasteiger partial charge in [-0.15, -0.1) is 0 Å². The minimum Gasteiger partial charge on any atom is -0.471 e. The third kappa shape index (κ3) is 2.81. The van der Waals surface area contributed by atoms with Gasteiger partial charge < -0.3 is 9.15 Å². The van der Waals surface area contributed by atoms with E-state index in [1.54, 1.807) is 0 Å². The minimum absolute atomic E-state index is 0.275. The van der Waals surface area contributed by atoms with Gasteiger partial charge in [0, 0.05) is 28.1 Å². The van der Waals surface area contributed by atoms with Gasteiger partial charge in [-0.05, 0) is 54.5 Å². The quantitative estimate of drug-likeness (QED) is 0.390. The van der Waals surface area contributed by atoms with E-state index in [1.165, 1.54) is 5.56 Å². The number of nitrogens with zero attached hydrogens (tertiary/aromatic N) is 1. The first-order valence-corrected chi connectivity index (χ1v) is 9.25. The van der Waals surface area contributed by atoms with Gasteiger partial charge in [-0.2, -0.15) is 0 Å². The summed E-state index contributed by atoms with van der Waals surface area (Å²) in [5.41, 5.74) is 6.92. The molecule has 1 aliphatic heterocycles. The number of hydrogen-bond donors (Lipinski definition) is 0. The van der Waals surface area contributed by atoms with Crippen LogP contribution in [0, 0.1) is 6.92 Å². The molecule has 136 valence electrons. The number of fused-ring (bicyclic) bond motifs is 4. The minimum atomic E-state index is 0.275. The summed E-state index contributed by atoms with van der Waals surface area (Å²) in [6.45, 7) is 6.63. The molecule has 1 aromatic heterocycles. The summed E-state index contributed by atoms with van der Waals surface area (Å²) >= 11 is 0. The second-order valence-electron chi connectivity index (χ2n) is 7.02. The molecule has 3 aromatic carbocycles. The monoisotopic (exact) mass is 365 g/mol. The van der Waals surface area contributed by atoms with Gasteiger partial charge in [0.2, 0.25) is 0 Å². The summed E-state index contributed by atoms with van der Waals surface area (Å²) in [6.07, 6.45) is 3.92. The zero-order valence-electron chi connectivity index (χ0n) is 15.6. The number of aliphatic imine (C=N–C) groups is 1. The lowest BCUT2D eigenvalue weighted by Gasteiger charge is -2.10. The number of aryl methyl sites for hydroxylation is 1. The van der Waals surface area contributed by atoms with Crippen LogP contribution in [0.5, 0.6) is 5.75 Å². The average Bonchev–Trinajstić information content (AvgIpc) is 3.11. The standard InChI is InChI=1S/C25H19NO2/c1-16-7-9-23-21(11-16)17(2)12-19(14-26-15-27-23)18-8-10-25-22(13-18)20-5-3-4-6-24(20)28-25/h3-14H,2,15H2,1H3/b19-12+,26-14-. The van der Waals surface area contributed by atoms with E-state index >= 15 is 0 Å². The van der Waals surface area contributed by atoms with Crippen LogP contribution < -0.4 is 4.74 Å². The summed E-state index contributed by atoms with van der Waals surface area (Å²) in [5, 5.41) is 2.21. The Balaban J connectivity index is 1.65. The highest BCUT2D eigenvalue weighted by Gasteiger charge is 2.12. The molecular weight excluding hydrogens is 346 g/mol. The SMILES string of the molecule is C=C1/C=C(c2ccc3oc4ccccc4c3c2)\C=N/COc2ccc(C)cc21. The summed E-state index contributed by atoms with van der Waals surface area (Å²) in [7, 11) is 0. The molecule has 0 radical (unpaired) electrons.